The normalized spacial score (nSPS) is 16.3. The SMILES string of the molecule is C[C@H]1CN(c2cc(Oc3ccc(F)c(Cl)c3)ncn2)CCN1C(=O)c1ccc(Cl)cc1. The largest absolute Gasteiger partial charge is 0.439 e. The molecule has 0 unspecified atom stereocenters. The van der Waals surface area contributed by atoms with Crippen molar-refractivity contribution in [2.24, 2.45) is 0 Å². The average molecular weight is 461 g/mol. The fourth-order valence-corrected chi connectivity index (χ4v) is 3.74. The number of amides is 1. The second-order valence-electron chi connectivity index (χ2n) is 7.19. The highest BCUT2D eigenvalue weighted by atomic mass is 35.5. The maximum atomic E-state index is 13.3. The molecule has 1 fully saturated rings. The van der Waals surface area contributed by atoms with Crippen LogP contribution >= 0.6 is 23.2 Å². The highest BCUT2D eigenvalue weighted by Gasteiger charge is 2.29. The zero-order valence-corrected chi connectivity index (χ0v) is 18.1. The summed E-state index contributed by atoms with van der Waals surface area (Å²) in [6, 6.07) is 12.7. The molecule has 9 heteroatoms. The molecule has 0 spiro atoms. The summed E-state index contributed by atoms with van der Waals surface area (Å²) < 4.78 is 19.0. The molecule has 0 N–H and O–H groups in total. The van der Waals surface area contributed by atoms with Gasteiger partial charge in [-0.1, -0.05) is 23.2 Å². The molecule has 0 bridgehead atoms. The number of aromatic nitrogens is 2. The van der Waals surface area contributed by atoms with Gasteiger partial charge in [0.05, 0.1) is 5.02 Å². The van der Waals surface area contributed by atoms with Crippen LogP contribution in [0, 0.1) is 5.82 Å². The minimum absolute atomic E-state index is 0.0211. The van der Waals surface area contributed by atoms with Crippen LogP contribution in [0.5, 0.6) is 11.6 Å². The number of halogens is 3. The summed E-state index contributed by atoms with van der Waals surface area (Å²) in [5.41, 5.74) is 0.611. The van der Waals surface area contributed by atoms with E-state index in [0.29, 0.717) is 47.7 Å². The predicted molar refractivity (Wildman–Crippen MR) is 118 cm³/mol. The Balaban J connectivity index is 1.44. The van der Waals surface area contributed by atoms with E-state index in [1.165, 1.54) is 24.5 Å². The van der Waals surface area contributed by atoms with Crippen LogP contribution in [0.4, 0.5) is 10.2 Å². The number of benzene rings is 2. The molecule has 3 aromatic rings. The summed E-state index contributed by atoms with van der Waals surface area (Å²) in [5.74, 6) is 0.840. The van der Waals surface area contributed by atoms with Crippen molar-refractivity contribution in [3.63, 3.8) is 0 Å². The van der Waals surface area contributed by atoms with E-state index < -0.39 is 5.82 Å². The van der Waals surface area contributed by atoms with Gasteiger partial charge in [0.1, 0.15) is 23.7 Å². The summed E-state index contributed by atoms with van der Waals surface area (Å²) in [4.78, 5) is 25.2. The second kappa shape index (κ2) is 9.08. The Hall–Kier alpha value is -2.90. The first-order chi connectivity index (χ1) is 14.9. The third kappa shape index (κ3) is 4.89. The van der Waals surface area contributed by atoms with Crippen LogP contribution in [0.2, 0.25) is 10.0 Å². The lowest BCUT2D eigenvalue weighted by Gasteiger charge is -2.40. The Labute approximate surface area is 189 Å². The van der Waals surface area contributed by atoms with Crippen LogP contribution < -0.4 is 9.64 Å². The highest BCUT2D eigenvalue weighted by Crippen LogP contribution is 2.27. The van der Waals surface area contributed by atoms with E-state index in [1.54, 1.807) is 30.3 Å². The van der Waals surface area contributed by atoms with Gasteiger partial charge in [0.15, 0.2) is 0 Å². The van der Waals surface area contributed by atoms with Crippen molar-refractivity contribution in [3.8, 4) is 11.6 Å². The number of hydrogen-bond donors (Lipinski definition) is 0. The number of hydrogen-bond acceptors (Lipinski definition) is 5. The third-order valence-electron chi connectivity index (χ3n) is 5.04. The number of rotatable bonds is 4. The van der Waals surface area contributed by atoms with Crippen molar-refractivity contribution >= 4 is 34.9 Å². The Morgan fingerprint density at radius 2 is 1.87 bits per heavy atom. The Bertz CT molecular complexity index is 1100. The standard InChI is InChI=1S/C22H19Cl2FN4O2/c1-14-12-28(8-9-29(14)22(30)15-2-4-16(23)5-3-15)20-11-21(27-13-26-20)31-17-6-7-19(25)18(24)10-17/h2-7,10-11,13-14H,8-9,12H2,1H3/t14-/m0/s1. The first-order valence-corrected chi connectivity index (χ1v) is 10.4. The molecule has 1 amide bonds. The first kappa shape index (κ1) is 21.3. The van der Waals surface area contributed by atoms with E-state index >= 15 is 0 Å². The Morgan fingerprint density at radius 3 is 2.58 bits per heavy atom. The number of ether oxygens (including phenoxy) is 1. The number of piperazine rings is 1. The van der Waals surface area contributed by atoms with Gasteiger partial charge in [-0.05, 0) is 43.3 Å². The van der Waals surface area contributed by atoms with Gasteiger partial charge in [0.25, 0.3) is 5.91 Å². The summed E-state index contributed by atoms with van der Waals surface area (Å²) in [5, 5.41) is 0.571. The third-order valence-corrected chi connectivity index (χ3v) is 5.59. The van der Waals surface area contributed by atoms with Crippen molar-refractivity contribution in [1.29, 1.82) is 0 Å². The van der Waals surface area contributed by atoms with Gasteiger partial charge in [-0.2, -0.15) is 0 Å². The molecule has 6 nitrogen and oxygen atoms in total. The van der Waals surface area contributed by atoms with Gasteiger partial charge < -0.3 is 14.5 Å². The summed E-state index contributed by atoms with van der Waals surface area (Å²) in [6.45, 7) is 3.77. The molecular formula is C22H19Cl2FN4O2. The summed E-state index contributed by atoms with van der Waals surface area (Å²) >= 11 is 11.7. The molecule has 1 aromatic heterocycles. The van der Waals surface area contributed by atoms with Gasteiger partial charge in [0, 0.05) is 48.4 Å². The minimum atomic E-state index is -0.516. The highest BCUT2D eigenvalue weighted by molar-refractivity contribution is 6.31. The molecule has 1 saturated heterocycles. The summed E-state index contributed by atoms with van der Waals surface area (Å²) in [7, 11) is 0. The number of carbonyl (C=O) groups excluding carboxylic acids is 1. The molecule has 1 aliphatic heterocycles. The zero-order valence-electron chi connectivity index (χ0n) is 16.6. The monoisotopic (exact) mass is 460 g/mol. The van der Waals surface area contributed by atoms with Crippen molar-refractivity contribution in [1.82, 2.24) is 14.9 Å². The fourth-order valence-electron chi connectivity index (χ4n) is 3.45. The fraction of sp³-hybridized carbons (Fsp3) is 0.227. The van der Waals surface area contributed by atoms with Gasteiger partial charge in [-0.15, -0.1) is 0 Å². The van der Waals surface area contributed by atoms with Gasteiger partial charge >= 0.3 is 0 Å². The van der Waals surface area contributed by atoms with Crippen molar-refractivity contribution in [2.45, 2.75) is 13.0 Å². The zero-order chi connectivity index (χ0) is 22.0. The van der Waals surface area contributed by atoms with Crippen LogP contribution in [-0.2, 0) is 0 Å². The van der Waals surface area contributed by atoms with E-state index in [0.717, 1.165) is 0 Å². The molecule has 0 aliphatic carbocycles. The lowest BCUT2D eigenvalue weighted by Crippen LogP contribution is -2.54. The molecule has 1 aliphatic rings. The molecule has 0 saturated carbocycles. The maximum absolute atomic E-state index is 13.3. The molecule has 4 rings (SSSR count). The topological polar surface area (TPSA) is 58.6 Å². The van der Waals surface area contributed by atoms with E-state index in [4.69, 9.17) is 27.9 Å². The quantitative estimate of drug-likeness (QED) is 0.544. The van der Waals surface area contributed by atoms with Crippen molar-refractivity contribution < 1.29 is 13.9 Å². The Morgan fingerprint density at radius 1 is 1.10 bits per heavy atom. The lowest BCUT2D eigenvalue weighted by atomic mass is 10.1. The number of carbonyl (C=O) groups is 1. The van der Waals surface area contributed by atoms with Crippen LogP contribution in [0.15, 0.2) is 54.9 Å². The number of anilines is 1. The maximum Gasteiger partial charge on any atom is 0.254 e. The average Bonchev–Trinajstić information content (AvgIpc) is 2.76. The van der Waals surface area contributed by atoms with Gasteiger partial charge in [-0.3, -0.25) is 4.79 Å². The van der Waals surface area contributed by atoms with E-state index in [9.17, 15) is 9.18 Å². The number of nitrogens with zero attached hydrogens (tertiary/aromatic N) is 4. The van der Waals surface area contributed by atoms with Crippen molar-refractivity contribution in [2.75, 3.05) is 24.5 Å². The van der Waals surface area contributed by atoms with Crippen LogP contribution in [0.25, 0.3) is 0 Å². The molecule has 31 heavy (non-hydrogen) atoms. The van der Waals surface area contributed by atoms with E-state index in [1.807, 2.05) is 11.8 Å². The smallest absolute Gasteiger partial charge is 0.254 e. The summed E-state index contributed by atoms with van der Waals surface area (Å²) in [6.07, 6.45) is 1.41. The molecule has 1 atom stereocenters. The molecular weight excluding hydrogens is 442 g/mol. The lowest BCUT2D eigenvalue weighted by molar-refractivity contribution is 0.0673. The van der Waals surface area contributed by atoms with Crippen molar-refractivity contribution in [3.05, 3.63) is 76.3 Å². The van der Waals surface area contributed by atoms with Gasteiger partial charge in [-0.25, -0.2) is 14.4 Å². The first-order valence-electron chi connectivity index (χ1n) is 9.67. The van der Waals surface area contributed by atoms with E-state index in [-0.39, 0.29) is 17.0 Å². The predicted octanol–water partition coefficient (Wildman–Crippen LogP) is 5.07. The van der Waals surface area contributed by atoms with Crippen LogP contribution in [0.3, 0.4) is 0 Å². The molecule has 2 aromatic carbocycles. The molecule has 0 radical (unpaired) electrons. The Kier molecular flexibility index (Phi) is 6.25. The second-order valence-corrected chi connectivity index (χ2v) is 8.04. The van der Waals surface area contributed by atoms with E-state index in [2.05, 4.69) is 14.9 Å². The van der Waals surface area contributed by atoms with Gasteiger partial charge in [0.2, 0.25) is 5.88 Å². The minimum Gasteiger partial charge on any atom is -0.439 e. The molecule has 2 heterocycles. The van der Waals surface area contributed by atoms with Crippen LogP contribution in [-0.4, -0.2) is 46.5 Å². The molecule has 160 valence electrons. The van der Waals surface area contributed by atoms with Crippen LogP contribution in [0.1, 0.15) is 17.3 Å².